The number of hydrogen-bond acceptors (Lipinski definition) is 3. The average molecular weight is 364 g/mol. The van der Waals surface area contributed by atoms with Crippen molar-refractivity contribution >= 4 is 17.3 Å². The Morgan fingerprint density at radius 3 is 2.59 bits per heavy atom. The fraction of sp³-hybridized carbons (Fsp3) is 0.435. The molecule has 2 aliphatic rings. The number of likely N-dealkylation sites (N-methyl/N-ethyl adjacent to an activating group) is 1. The number of hydrogen-bond donors (Lipinski definition) is 1. The van der Waals surface area contributed by atoms with E-state index in [0.29, 0.717) is 12.0 Å². The third kappa shape index (κ3) is 3.86. The van der Waals surface area contributed by atoms with Crippen LogP contribution in [0.2, 0.25) is 0 Å². The van der Waals surface area contributed by atoms with E-state index >= 15 is 0 Å². The number of nitrogens with one attached hydrogen (secondary N) is 1. The predicted octanol–water partition coefficient (Wildman–Crippen LogP) is 4.27. The highest BCUT2D eigenvalue weighted by Gasteiger charge is 2.28. The van der Waals surface area contributed by atoms with Gasteiger partial charge >= 0.3 is 0 Å². The van der Waals surface area contributed by atoms with Crippen molar-refractivity contribution in [2.75, 3.05) is 37.4 Å². The van der Waals surface area contributed by atoms with E-state index in [1.807, 2.05) is 24.3 Å². The summed E-state index contributed by atoms with van der Waals surface area (Å²) >= 11 is 0. The highest BCUT2D eigenvalue weighted by atomic mass is 16.1. The standard InChI is InChI=1S/C23H29N3O/c1-16-8-11-18(14-22(16)26-13-12-19(15-26)25(2)3)24-23(27)21-7-5-4-6-20(21)17-9-10-17/h4-8,11,14,17,19H,9-10,12-13,15H2,1-3H3,(H,24,27). The number of rotatable bonds is 5. The highest BCUT2D eigenvalue weighted by Crippen LogP contribution is 2.41. The van der Waals surface area contributed by atoms with Crippen LogP contribution in [0.15, 0.2) is 42.5 Å². The number of aryl methyl sites for hydroxylation is 1. The topological polar surface area (TPSA) is 35.6 Å². The maximum atomic E-state index is 12.9. The summed E-state index contributed by atoms with van der Waals surface area (Å²) in [6.45, 7) is 4.24. The third-order valence-electron chi connectivity index (χ3n) is 5.92. The van der Waals surface area contributed by atoms with Crippen LogP contribution < -0.4 is 10.2 Å². The molecule has 1 N–H and O–H groups in total. The van der Waals surface area contributed by atoms with Crippen LogP contribution in [0.1, 0.15) is 46.7 Å². The summed E-state index contributed by atoms with van der Waals surface area (Å²) in [7, 11) is 4.30. The Morgan fingerprint density at radius 2 is 1.89 bits per heavy atom. The quantitative estimate of drug-likeness (QED) is 0.862. The molecule has 1 amide bonds. The molecule has 2 aromatic carbocycles. The van der Waals surface area contributed by atoms with Gasteiger partial charge in [-0.05, 0) is 75.5 Å². The Kier molecular flexibility index (Phi) is 4.92. The maximum Gasteiger partial charge on any atom is 0.255 e. The van der Waals surface area contributed by atoms with Crippen molar-refractivity contribution in [3.63, 3.8) is 0 Å². The van der Waals surface area contributed by atoms with E-state index in [0.717, 1.165) is 24.3 Å². The van der Waals surface area contributed by atoms with Gasteiger partial charge in [0.05, 0.1) is 0 Å². The lowest BCUT2D eigenvalue weighted by Gasteiger charge is -2.24. The first kappa shape index (κ1) is 18.1. The van der Waals surface area contributed by atoms with E-state index in [-0.39, 0.29) is 5.91 Å². The summed E-state index contributed by atoms with van der Waals surface area (Å²) in [4.78, 5) is 17.6. The van der Waals surface area contributed by atoms with Gasteiger partial charge in [-0.1, -0.05) is 24.3 Å². The molecule has 1 saturated heterocycles. The molecule has 1 saturated carbocycles. The monoisotopic (exact) mass is 363 g/mol. The van der Waals surface area contributed by atoms with E-state index in [4.69, 9.17) is 0 Å². The molecule has 4 rings (SSSR count). The van der Waals surface area contributed by atoms with Crippen molar-refractivity contribution in [1.82, 2.24) is 4.90 Å². The van der Waals surface area contributed by atoms with Gasteiger partial charge in [-0.15, -0.1) is 0 Å². The molecule has 1 unspecified atom stereocenters. The number of carbonyl (C=O) groups is 1. The van der Waals surface area contributed by atoms with Gasteiger partial charge in [0, 0.05) is 36.1 Å². The first-order valence-corrected chi connectivity index (χ1v) is 9.95. The van der Waals surface area contributed by atoms with Crippen LogP contribution in [0.25, 0.3) is 0 Å². The van der Waals surface area contributed by atoms with Crippen LogP contribution in [0, 0.1) is 6.92 Å². The van der Waals surface area contributed by atoms with Crippen LogP contribution >= 0.6 is 0 Å². The minimum Gasteiger partial charge on any atom is -0.370 e. The molecule has 142 valence electrons. The van der Waals surface area contributed by atoms with Gasteiger partial charge in [0.25, 0.3) is 5.91 Å². The van der Waals surface area contributed by atoms with Gasteiger partial charge in [-0.25, -0.2) is 0 Å². The lowest BCUT2D eigenvalue weighted by atomic mass is 10.0. The fourth-order valence-electron chi connectivity index (χ4n) is 4.06. The zero-order valence-corrected chi connectivity index (χ0v) is 16.5. The third-order valence-corrected chi connectivity index (χ3v) is 5.92. The average Bonchev–Trinajstić information content (AvgIpc) is 3.39. The van der Waals surface area contributed by atoms with Crippen molar-refractivity contribution in [1.29, 1.82) is 0 Å². The summed E-state index contributed by atoms with van der Waals surface area (Å²) in [5.41, 5.74) is 5.37. The number of benzene rings is 2. The van der Waals surface area contributed by atoms with Gasteiger partial charge < -0.3 is 15.1 Å². The molecule has 0 aromatic heterocycles. The highest BCUT2D eigenvalue weighted by molar-refractivity contribution is 6.05. The second kappa shape index (κ2) is 7.35. The van der Waals surface area contributed by atoms with Crippen LogP contribution in [0.4, 0.5) is 11.4 Å². The zero-order valence-electron chi connectivity index (χ0n) is 16.5. The summed E-state index contributed by atoms with van der Waals surface area (Å²) in [6.07, 6.45) is 3.57. The van der Waals surface area contributed by atoms with Gasteiger partial charge in [0.2, 0.25) is 0 Å². The molecule has 2 aromatic rings. The zero-order chi connectivity index (χ0) is 19.0. The Morgan fingerprint density at radius 1 is 1.11 bits per heavy atom. The lowest BCUT2D eigenvalue weighted by molar-refractivity contribution is 0.102. The maximum absolute atomic E-state index is 12.9. The summed E-state index contributed by atoms with van der Waals surface area (Å²) in [5.74, 6) is 0.563. The Bertz CT molecular complexity index is 841. The van der Waals surface area contributed by atoms with Crippen molar-refractivity contribution < 1.29 is 4.79 Å². The van der Waals surface area contributed by atoms with Crippen molar-refractivity contribution in [2.24, 2.45) is 0 Å². The molecule has 4 heteroatoms. The molecular weight excluding hydrogens is 334 g/mol. The van der Waals surface area contributed by atoms with Crippen LogP contribution in [-0.2, 0) is 0 Å². The summed E-state index contributed by atoms with van der Waals surface area (Å²) < 4.78 is 0. The summed E-state index contributed by atoms with van der Waals surface area (Å²) in [6, 6.07) is 14.9. The van der Waals surface area contributed by atoms with E-state index in [9.17, 15) is 4.79 Å². The van der Waals surface area contributed by atoms with Crippen molar-refractivity contribution in [2.45, 2.75) is 38.1 Å². The number of nitrogens with zero attached hydrogens (tertiary/aromatic N) is 2. The van der Waals surface area contributed by atoms with Gasteiger partial charge in [-0.3, -0.25) is 4.79 Å². The first-order chi connectivity index (χ1) is 13.0. The normalized spacial score (nSPS) is 19.6. The second-order valence-corrected chi connectivity index (χ2v) is 8.17. The smallest absolute Gasteiger partial charge is 0.255 e. The molecule has 4 nitrogen and oxygen atoms in total. The van der Waals surface area contributed by atoms with E-state index in [1.165, 1.54) is 36.1 Å². The van der Waals surface area contributed by atoms with E-state index in [1.54, 1.807) is 0 Å². The van der Waals surface area contributed by atoms with Crippen LogP contribution in [-0.4, -0.2) is 44.0 Å². The summed E-state index contributed by atoms with van der Waals surface area (Å²) in [5, 5.41) is 3.13. The minimum atomic E-state index is -0.0000990. The molecule has 0 bridgehead atoms. The minimum absolute atomic E-state index is 0.0000990. The molecule has 2 fully saturated rings. The largest absolute Gasteiger partial charge is 0.370 e. The molecule has 1 atom stereocenters. The lowest BCUT2D eigenvalue weighted by Crippen LogP contribution is -2.31. The Hall–Kier alpha value is -2.33. The first-order valence-electron chi connectivity index (χ1n) is 9.95. The van der Waals surface area contributed by atoms with Crippen LogP contribution in [0.5, 0.6) is 0 Å². The molecule has 0 spiro atoms. The predicted molar refractivity (Wildman–Crippen MR) is 112 cm³/mol. The molecule has 0 radical (unpaired) electrons. The van der Waals surface area contributed by atoms with Crippen LogP contribution in [0.3, 0.4) is 0 Å². The van der Waals surface area contributed by atoms with Gasteiger partial charge in [0.15, 0.2) is 0 Å². The van der Waals surface area contributed by atoms with Crippen molar-refractivity contribution in [3.8, 4) is 0 Å². The number of amides is 1. The molecule has 27 heavy (non-hydrogen) atoms. The Labute approximate surface area is 162 Å². The molecule has 1 aliphatic heterocycles. The van der Waals surface area contributed by atoms with Crippen molar-refractivity contribution in [3.05, 3.63) is 59.2 Å². The number of anilines is 2. The molecule has 1 aliphatic carbocycles. The second-order valence-electron chi connectivity index (χ2n) is 8.17. The van der Waals surface area contributed by atoms with E-state index < -0.39 is 0 Å². The molecular formula is C23H29N3O. The van der Waals surface area contributed by atoms with E-state index in [2.05, 4.69) is 54.3 Å². The SMILES string of the molecule is Cc1ccc(NC(=O)c2ccccc2C2CC2)cc1N1CCC(N(C)C)C1. The fourth-order valence-corrected chi connectivity index (χ4v) is 4.06. The Balaban J connectivity index is 1.53. The van der Waals surface area contributed by atoms with Gasteiger partial charge in [-0.2, -0.15) is 0 Å². The molecule has 1 heterocycles. The number of carbonyl (C=O) groups excluding carboxylic acids is 1. The van der Waals surface area contributed by atoms with Gasteiger partial charge in [0.1, 0.15) is 0 Å².